The van der Waals surface area contributed by atoms with Crippen LogP contribution in [-0.4, -0.2) is 4.98 Å². The van der Waals surface area contributed by atoms with Crippen molar-refractivity contribution in [3.63, 3.8) is 0 Å². The van der Waals surface area contributed by atoms with Crippen LogP contribution in [0.3, 0.4) is 0 Å². The largest absolute Gasteiger partial charge is 0.468 e. The van der Waals surface area contributed by atoms with Gasteiger partial charge in [0.05, 0.1) is 17.7 Å². The number of aromatic nitrogens is 1. The van der Waals surface area contributed by atoms with Gasteiger partial charge in [-0.25, -0.2) is 4.98 Å². The first kappa shape index (κ1) is 13.1. The molecule has 0 aliphatic rings. The number of aryl methyl sites for hydroxylation is 1. The maximum atomic E-state index is 5.28. The third kappa shape index (κ3) is 3.15. The number of hydrogen-bond donors (Lipinski definition) is 1. The van der Waals surface area contributed by atoms with E-state index in [2.05, 4.69) is 41.5 Å². The average molecular weight is 284 g/mol. The number of benzene rings is 1. The van der Waals surface area contributed by atoms with Crippen LogP contribution in [0.25, 0.3) is 10.4 Å². The van der Waals surface area contributed by atoms with Gasteiger partial charge in [0.25, 0.3) is 0 Å². The molecule has 1 aromatic carbocycles. The number of furan rings is 1. The molecule has 0 aliphatic carbocycles. The van der Waals surface area contributed by atoms with Gasteiger partial charge in [-0.2, -0.15) is 0 Å². The van der Waals surface area contributed by atoms with Gasteiger partial charge in [0.1, 0.15) is 10.8 Å². The molecule has 0 fully saturated rings. The Morgan fingerprint density at radius 3 is 2.75 bits per heavy atom. The molecule has 4 heteroatoms. The monoisotopic (exact) mass is 284 g/mol. The quantitative estimate of drug-likeness (QED) is 0.769. The van der Waals surface area contributed by atoms with E-state index in [1.54, 1.807) is 17.6 Å². The van der Waals surface area contributed by atoms with Crippen molar-refractivity contribution in [1.29, 1.82) is 0 Å². The minimum atomic E-state index is 0.729. The predicted molar refractivity (Wildman–Crippen MR) is 81.5 cm³/mol. The second-order valence-corrected chi connectivity index (χ2v) is 5.78. The molecule has 0 saturated carbocycles. The molecule has 20 heavy (non-hydrogen) atoms. The molecule has 1 N–H and O–H groups in total. The maximum absolute atomic E-state index is 5.28. The third-order valence-corrected chi connectivity index (χ3v) is 4.09. The first-order chi connectivity index (χ1) is 9.81. The van der Waals surface area contributed by atoms with Gasteiger partial charge < -0.3 is 9.73 Å². The highest BCUT2D eigenvalue weighted by atomic mass is 32.1. The Morgan fingerprint density at radius 2 is 2.00 bits per heavy atom. The lowest BCUT2D eigenvalue weighted by Gasteiger charge is -1.99. The van der Waals surface area contributed by atoms with Crippen molar-refractivity contribution in [2.45, 2.75) is 20.0 Å². The summed E-state index contributed by atoms with van der Waals surface area (Å²) in [6.45, 7) is 3.59. The molecule has 3 rings (SSSR count). The fourth-order valence-electron chi connectivity index (χ4n) is 1.95. The van der Waals surface area contributed by atoms with Gasteiger partial charge in [-0.3, -0.25) is 0 Å². The molecular weight excluding hydrogens is 268 g/mol. The van der Waals surface area contributed by atoms with Crippen molar-refractivity contribution in [2.75, 3.05) is 0 Å². The number of nitrogens with one attached hydrogen (secondary N) is 1. The van der Waals surface area contributed by atoms with E-state index < -0.39 is 0 Å². The van der Waals surface area contributed by atoms with Gasteiger partial charge in [0.15, 0.2) is 0 Å². The molecule has 0 atom stereocenters. The lowest BCUT2D eigenvalue weighted by atomic mass is 10.1. The molecular formula is C16H16N2OS. The zero-order chi connectivity index (χ0) is 13.8. The second-order valence-electron chi connectivity index (χ2n) is 4.67. The standard InChI is InChI=1S/C16H16N2OS/c1-12-4-6-13(7-5-12)15-10-18-16(20-15)11-17-9-14-3-2-8-19-14/h2-8,10,17H,9,11H2,1H3. The van der Waals surface area contributed by atoms with Gasteiger partial charge in [-0.15, -0.1) is 11.3 Å². The van der Waals surface area contributed by atoms with E-state index in [-0.39, 0.29) is 0 Å². The van der Waals surface area contributed by atoms with Crippen LogP contribution in [0.1, 0.15) is 16.3 Å². The molecule has 0 spiro atoms. The summed E-state index contributed by atoms with van der Waals surface area (Å²) in [5.41, 5.74) is 2.50. The Balaban J connectivity index is 1.60. The third-order valence-electron chi connectivity index (χ3n) is 3.05. The fourth-order valence-corrected chi connectivity index (χ4v) is 2.84. The van der Waals surface area contributed by atoms with E-state index in [1.165, 1.54) is 16.0 Å². The summed E-state index contributed by atoms with van der Waals surface area (Å²) in [6, 6.07) is 12.4. The van der Waals surface area contributed by atoms with Crippen molar-refractivity contribution in [3.8, 4) is 10.4 Å². The van der Waals surface area contributed by atoms with Crippen LogP contribution in [0.15, 0.2) is 53.3 Å². The number of hydrogen-bond acceptors (Lipinski definition) is 4. The van der Waals surface area contributed by atoms with Gasteiger partial charge >= 0.3 is 0 Å². The van der Waals surface area contributed by atoms with E-state index in [0.29, 0.717) is 0 Å². The molecule has 0 unspecified atom stereocenters. The summed E-state index contributed by atoms with van der Waals surface area (Å²) in [5, 5.41) is 4.42. The van der Waals surface area contributed by atoms with Crippen LogP contribution in [0, 0.1) is 6.92 Å². The zero-order valence-electron chi connectivity index (χ0n) is 11.3. The Morgan fingerprint density at radius 1 is 1.15 bits per heavy atom. The van der Waals surface area contributed by atoms with Gasteiger partial charge in [-0.1, -0.05) is 29.8 Å². The van der Waals surface area contributed by atoms with E-state index >= 15 is 0 Å². The number of rotatable bonds is 5. The minimum absolute atomic E-state index is 0.729. The highest BCUT2D eigenvalue weighted by molar-refractivity contribution is 7.15. The van der Waals surface area contributed by atoms with Crippen LogP contribution in [0.4, 0.5) is 0 Å². The van der Waals surface area contributed by atoms with Crippen LogP contribution in [0.2, 0.25) is 0 Å². The molecule has 2 aromatic heterocycles. The summed E-state index contributed by atoms with van der Waals surface area (Å²) in [6.07, 6.45) is 3.63. The molecule has 0 saturated heterocycles. The topological polar surface area (TPSA) is 38.1 Å². The lowest BCUT2D eigenvalue weighted by molar-refractivity contribution is 0.483. The van der Waals surface area contributed by atoms with Gasteiger partial charge in [0.2, 0.25) is 0 Å². The molecule has 0 aliphatic heterocycles. The van der Waals surface area contributed by atoms with Crippen molar-refractivity contribution in [2.24, 2.45) is 0 Å². The Bertz CT molecular complexity index is 656. The van der Waals surface area contributed by atoms with Crippen molar-refractivity contribution in [3.05, 3.63) is 65.2 Å². The molecule has 0 amide bonds. The lowest BCUT2D eigenvalue weighted by Crippen LogP contribution is -2.11. The highest BCUT2D eigenvalue weighted by Gasteiger charge is 2.04. The fraction of sp³-hybridized carbons (Fsp3) is 0.188. The van der Waals surface area contributed by atoms with Crippen LogP contribution in [0.5, 0.6) is 0 Å². The Kier molecular flexibility index (Phi) is 3.95. The van der Waals surface area contributed by atoms with E-state index in [1.807, 2.05) is 18.3 Å². The van der Waals surface area contributed by atoms with Crippen molar-refractivity contribution in [1.82, 2.24) is 10.3 Å². The summed E-state index contributed by atoms with van der Waals surface area (Å²) < 4.78 is 5.28. The molecule has 0 radical (unpaired) electrons. The summed E-state index contributed by atoms with van der Waals surface area (Å²) in [7, 11) is 0. The molecule has 2 heterocycles. The molecule has 3 nitrogen and oxygen atoms in total. The Hall–Kier alpha value is -1.91. The first-order valence-electron chi connectivity index (χ1n) is 6.56. The number of nitrogens with zero attached hydrogens (tertiary/aromatic N) is 1. The Labute approximate surface area is 122 Å². The average Bonchev–Trinajstić information content (AvgIpc) is 3.11. The van der Waals surface area contributed by atoms with Crippen LogP contribution in [-0.2, 0) is 13.1 Å². The smallest absolute Gasteiger partial charge is 0.117 e. The molecule has 3 aromatic rings. The minimum Gasteiger partial charge on any atom is -0.468 e. The van der Waals surface area contributed by atoms with Crippen molar-refractivity contribution < 1.29 is 4.42 Å². The summed E-state index contributed by atoms with van der Waals surface area (Å²) >= 11 is 1.72. The summed E-state index contributed by atoms with van der Waals surface area (Å²) in [4.78, 5) is 5.67. The predicted octanol–water partition coefficient (Wildman–Crippen LogP) is 4.00. The number of thiazole rings is 1. The van der Waals surface area contributed by atoms with Crippen molar-refractivity contribution >= 4 is 11.3 Å². The summed E-state index contributed by atoms with van der Waals surface area (Å²) in [5.74, 6) is 0.945. The van der Waals surface area contributed by atoms with Gasteiger partial charge in [0, 0.05) is 12.7 Å². The molecule has 102 valence electrons. The first-order valence-corrected chi connectivity index (χ1v) is 7.38. The van der Waals surface area contributed by atoms with E-state index in [4.69, 9.17) is 4.42 Å². The van der Waals surface area contributed by atoms with E-state index in [0.717, 1.165) is 23.9 Å². The van der Waals surface area contributed by atoms with Crippen LogP contribution < -0.4 is 5.32 Å². The van der Waals surface area contributed by atoms with Crippen LogP contribution >= 0.6 is 11.3 Å². The zero-order valence-corrected chi connectivity index (χ0v) is 12.1. The molecule has 0 bridgehead atoms. The maximum Gasteiger partial charge on any atom is 0.117 e. The highest BCUT2D eigenvalue weighted by Crippen LogP contribution is 2.26. The van der Waals surface area contributed by atoms with E-state index in [9.17, 15) is 0 Å². The second kappa shape index (κ2) is 6.03. The normalized spacial score (nSPS) is 10.8. The van der Waals surface area contributed by atoms with Gasteiger partial charge in [-0.05, 0) is 24.6 Å². The SMILES string of the molecule is Cc1ccc(-c2cnc(CNCc3ccco3)s2)cc1.